The number of hydrogen-bond donors (Lipinski definition) is 1. The largest absolute Gasteiger partial charge is 0.412 e. The van der Waals surface area contributed by atoms with Crippen molar-refractivity contribution in [1.29, 1.82) is 0 Å². The maximum absolute atomic E-state index is 14.1. The van der Waals surface area contributed by atoms with Crippen molar-refractivity contribution >= 4 is 11.6 Å². The summed E-state index contributed by atoms with van der Waals surface area (Å²) in [6.07, 6.45) is -5.14. The van der Waals surface area contributed by atoms with Crippen LogP contribution in [0.2, 0.25) is 0 Å². The van der Waals surface area contributed by atoms with Gasteiger partial charge in [0.15, 0.2) is 5.54 Å². The van der Waals surface area contributed by atoms with Crippen LogP contribution in [0, 0.1) is 10.1 Å². The summed E-state index contributed by atoms with van der Waals surface area (Å²) in [4.78, 5) is 21.8. The highest BCUT2D eigenvalue weighted by molar-refractivity contribution is 5.77. The minimum Gasteiger partial charge on any atom is -0.288 e. The lowest BCUT2D eigenvalue weighted by Gasteiger charge is -2.42. The molecule has 1 unspecified atom stereocenters. The molecule has 126 valence electrons. The second-order valence-corrected chi connectivity index (χ2v) is 5.32. The van der Waals surface area contributed by atoms with E-state index in [1.807, 2.05) is 0 Å². The van der Waals surface area contributed by atoms with Crippen molar-refractivity contribution in [2.75, 3.05) is 6.54 Å². The lowest BCUT2D eigenvalue weighted by atomic mass is 9.83. The predicted molar refractivity (Wildman–Crippen MR) is 75.2 cm³/mol. The maximum Gasteiger partial charge on any atom is 0.412 e. The van der Waals surface area contributed by atoms with E-state index in [-0.39, 0.29) is 19.4 Å². The van der Waals surface area contributed by atoms with Gasteiger partial charge in [0.25, 0.3) is 5.69 Å². The van der Waals surface area contributed by atoms with Gasteiger partial charge in [-0.05, 0) is 12.5 Å². The fourth-order valence-corrected chi connectivity index (χ4v) is 2.97. The third-order valence-electron chi connectivity index (χ3n) is 3.91. The number of carbonyl (C=O) groups excluding carboxylic acids is 1. The van der Waals surface area contributed by atoms with E-state index in [2.05, 4.69) is 5.43 Å². The van der Waals surface area contributed by atoms with Gasteiger partial charge in [0.05, 0.1) is 10.5 Å². The summed E-state index contributed by atoms with van der Waals surface area (Å²) in [6, 6.07) is 4.79. The number of alkyl halides is 3. The molecule has 23 heavy (non-hydrogen) atoms. The third-order valence-corrected chi connectivity index (χ3v) is 3.91. The van der Waals surface area contributed by atoms with Gasteiger partial charge in [0, 0.05) is 19.0 Å². The van der Waals surface area contributed by atoms with Gasteiger partial charge >= 0.3 is 6.18 Å². The topological polar surface area (TPSA) is 75.5 Å². The minimum absolute atomic E-state index is 0.0812. The molecule has 1 atom stereocenters. The molecule has 1 saturated heterocycles. The van der Waals surface area contributed by atoms with Crippen molar-refractivity contribution in [2.45, 2.75) is 37.9 Å². The molecule has 1 N–H and O–H groups in total. The zero-order valence-electron chi connectivity index (χ0n) is 12.4. The van der Waals surface area contributed by atoms with Crippen LogP contribution in [-0.4, -0.2) is 28.6 Å². The number of carbonyl (C=O) groups is 1. The Morgan fingerprint density at radius 2 is 2.00 bits per heavy atom. The van der Waals surface area contributed by atoms with Crippen LogP contribution >= 0.6 is 0 Å². The van der Waals surface area contributed by atoms with Gasteiger partial charge < -0.3 is 0 Å². The number of nitro benzene ring substituents is 1. The van der Waals surface area contributed by atoms with Crippen LogP contribution in [0.15, 0.2) is 24.3 Å². The summed E-state index contributed by atoms with van der Waals surface area (Å²) in [6.45, 7) is 1.40. The molecule has 0 aromatic heterocycles. The summed E-state index contributed by atoms with van der Waals surface area (Å²) in [5, 5.41) is 12.0. The number of nitrogens with one attached hydrogen (secondary N) is 1. The second kappa shape index (κ2) is 6.15. The fourth-order valence-electron chi connectivity index (χ4n) is 2.97. The molecule has 0 saturated carbocycles. The Labute approximate surface area is 130 Å². The van der Waals surface area contributed by atoms with E-state index >= 15 is 0 Å². The van der Waals surface area contributed by atoms with Crippen molar-refractivity contribution in [3.05, 3.63) is 39.9 Å². The molecule has 1 aliphatic heterocycles. The zero-order valence-corrected chi connectivity index (χ0v) is 12.4. The number of nitro groups is 1. The number of nitrogens with zero attached hydrogens (tertiary/aromatic N) is 2. The first-order valence-corrected chi connectivity index (χ1v) is 7.11. The zero-order chi connectivity index (χ0) is 17.3. The molecule has 9 heteroatoms. The van der Waals surface area contributed by atoms with Crippen LogP contribution in [-0.2, 0) is 10.3 Å². The Hall–Kier alpha value is -2.16. The van der Waals surface area contributed by atoms with E-state index in [9.17, 15) is 28.1 Å². The van der Waals surface area contributed by atoms with Crippen molar-refractivity contribution < 1.29 is 22.9 Å². The molecule has 1 heterocycles. The van der Waals surface area contributed by atoms with E-state index < -0.39 is 40.2 Å². The van der Waals surface area contributed by atoms with Crippen LogP contribution in [0.5, 0.6) is 0 Å². The van der Waals surface area contributed by atoms with Crippen LogP contribution in [0.4, 0.5) is 18.9 Å². The average molecular weight is 331 g/mol. The van der Waals surface area contributed by atoms with Gasteiger partial charge in [-0.3, -0.25) is 20.3 Å². The van der Waals surface area contributed by atoms with Crippen LogP contribution < -0.4 is 5.43 Å². The van der Waals surface area contributed by atoms with Gasteiger partial charge in [-0.1, -0.05) is 25.5 Å². The van der Waals surface area contributed by atoms with E-state index in [0.717, 1.165) is 17.1 Å². The molecule has 1 aliphatic rings. The number of hydrazine groups is 1. The van der Waals surface area contributed by atoms with Gasteiger partial charge in [0.1, 0.15) is 0 Å². The lowest BCUT2D eigenvalue weighted by Crippen LogP contribution is -2.59. The molecular weight excluding hydrogens is 315 g/mol. The summed E-state index contributed by atoms with van der Waals surface area (Å²) < 4.78 is 42.2. The molecule has 1 amide bonds. The molecular formula is C14H16F3N3O3. The standard InChI is InChI=1S/C14H16F3N3O3/c1-2-8-13(14(15,16)17,19-9-7-12(21)18-19)10-5-3-4-6-11(10)20(22)23/h3-6H,2,7-9H2,1H3,(H,18,21). The molecule has 1 aromatic carbocycles. The number of hydrogen-bond acceptors (Lipinski definition) is 4. The Morgan fingerprint density at radius 1 is 1.35 bits per heavy atom. The Morgan fingerprint density at radius 3 is 2.48 bits per heavy atom. The second-order valence-electron chi connectivity index (χ2n) is 5.32. The Kier molecular flexibility index (Phi) is 4.60. The number of benzene rings is 1. The number of halogens is 3. The summed E-state index contributed by atoms with van der Waals surface area (Å²) >= 11 is 0. The third kappa shape index (κ3) is 2.88. The molecule has 6 nitrogen and oxygen atoms in total. The van der Waals surface area contributed by atoms with Crippen LogP contribution in [0.3, 0.4) is 0 Å². The molecule has 0 radical (unpaired) electrons. The fraction of sp³-hybridized carbons (Fsp3) is 0.500. The Balaban J connectivity index is 2.71. The molecule has 1 aromatic rings. The first kappa shape index (κ1) is 17.2. The molecule has 0 bridgehead atoms. The van der Waals surface area contributed by atoms with Crippen LogP contribution in [0.25, 0.3) is 0 Å². The van der Waals surface area contributed by atoms with Crippen LogP contribution in [0.1, 0.15) is 31.7 Å². The van der Waals surface area contributed by atoms with Gasteiger partial charge in [-0.15, -0.1) is 0 Å². The number of rotatable bonds is 5. The first-order chi connectivity index (χ1) is 10.7. The SMILES string of the molecule is CCCC(c1ccccc1[N+](=O)[O-])(N1CCC(=O)N1)C(F)(F)F. The van der Waals surface area contributed by atoms with Gasteiger partial charge in [-0.25, -0.2) is 5.01 Å². The predicted octanol–water partition coefficient (Wildman–Crippen LogP) is 2.89. The normalized spacial score (nSPS) is 18.5. The Bertz CT molecular complexity index is 621. The maximum atomic E-state index is 14.1. The average Bonchev–Trinajstić information content (AvgIpc) is 2.90. The minimum atomic E-state index is -4.80. The van der Waals surface area contributed by atoms with E-state index in [0.29, 0.717) is 0 Å². The van der Waals surface area contributed by atoms with Crippen molar-refractivity contribution in [3.63, 3.8) is 0 Å². The van der Waals surface area contributed by atoms with E-state index in [1.54, 1.807) is 6.92 Å². The highest BCUT2D eigenvalue weighted by atomic mass is 19.4. The number of para-hydroxylation sites is 1. The van der Waals surface area contributed by atoms with Crippen molar-refractivity contribution in [2.24, 2.45) is 0 Å². The van der Waals surface area contributed by atoms with E-state index in [1.165, 1.54) is 12.1 Å². The quantitative estimate of drug-likeness (QED) is 0.665. The van der Waals surface area contributed by atoms with Gasteiger partial charge in [-0.2, -0.15) is 13.2 Å². The van der Waals surface area contributed by atoms with E-state index in [4.69, 9.17) is 0 Å². The first-order valence-electron chi connectivity index (χ1n) is 7.11. The highest BCUT2D eigenvalue weighted by Gasteiger charge is 2.62. The summed E-state index contributed by atoms with van der Waals surface area (Å²) in [5.74, 6) is -0.534. The lowest BCUT2D eigenvalue weighted by molar-refractivity contribution is -0.388. The monoisotopic (exact) mass is 331 g/mol. The molecule has 0 aliphatic carbocycles. The molecule has 1 fully saturated rings. The molecule has 2 rings (SSSR count). The molecule has 0 spiro atoms. The summed E-state index contributed by atoms with van der Waals surface area (Å²) in [7, 11) is 0. The summed E-state index contributed by atoms with van der Waals surface area (Å²) in [5.41, 5.74) is -1.49. The van der Waals surface area contributed by atoms with Gasteiger partial charge in [0.2, 0.25) is 5.91 Å². The highest BCUT2D eigenvalue weighted by Crippen LogP contribution is 2.49. The smallest absolute Gasteiger partial charge is 0.288 e. The van der Waals surface area contributed by atoms with Crippen molar-refractivity contribution in [3.8, 4) is 0 Å². The van der Waals surface area contributed by atoms with Crippen molar-refractivity contribution in [1.82, 2.24) is 10.4 Å². The number of amides is 1.